The average molecular weight is 228 g/mol. The number of sulfonamides is 1. The van der Waals surface area contributed by atoms with Gasteiger partial charge in [0.25, 0.3) is 0 Å². The molecule has 15 heavy (non-hydrogen) atoms. The zero-order valence-electron chi connectivity index (χ0n) is 9.11. The van der Waals surface area contributed by atoms with Crippen LogP contribution in [0.15, 0.2) is 23.1 Å². The zero-order chi connectivity index (χ0) is 11.6. The predicted molar refractivity (Wildman–Crippen MR) is 61.0 cm³/mol. The molecule has 0 aromatic heterocycles. The van der Waals surface area contributed by atoms with E-state index in [-0.39, 0.29) is 10.9 Å². The van der Waals surface area contributed by atoms with Crippen LogP contribution in [0.25, 0.3) is 0 Å². The van der Waals surface area contributed by atoms with Gasteiger partial charge in [0.05, 0.1) is 4.90 Å². The second-order valence-electron chi connectivity index (χ2n) is 3.80. The standard InChI is InChI=1S/C10H16N2O2S/c1-7(2)12-15(13,14)10-5-4-9(11)6-8(10)3/h4-7,12H,11H2,1-3H3. The molecule has 84 valence electrons. The third-order valence-corrected chi connectivity index (χ3v) is 3.70. The summed E-state index contributed by atoms with van der Waals surface area (Å²) in [4.78, 5) is 0.283. The second kappa shape index (κ2) is 4.20. The molecule has 1 aromatic carbocycles. The first-order valence-electron chi connectivity index (χ1n) is 4.71. The van der Waals surface area contributed by atoms with Crippen molar-refractivity contribution in [1.29, 1.82) is 0 Å². The van der Waals surface area contributed by atoms with Crippen molar-refractivity contribution in [2.24, 2.45) is 0 Å². The van der Waals surface area contributed by atoms with E-state index in [0.29, 0.717) is 11.3 Å². The lowest BCUT2D eigenvalue weighted by atomic mass is 10.2. The molecule has 0 amide bonds. The van der Waals surface area contributed by atoms with Crippen molar-refractivity contribution in [2.75, 3.05) is 5.73 Å². The van der Waals surface area contributed by atoms with E-state index < -0.39 is 10.0 Å². The smallest absolute Gasteiger partial charge is 0.241 e. The highest BCUT2D eigenvalue weighted by Gasteiger charge is 2.17. The van der Waals surface area contributed by atoms with Gasteiger partial charge in [-0.15, -0.1) is 0 Å². The number of nitrogen functional groups attached to an aromatic ring is 1. The average Bonchev–Trinajstić information content (AvgIpc) is 1.99. The summed E-state index contributed by atoms with van der Waals surface area (Å²) >= 11 is 0. The van der Waals surface area contributed by atoms with E-state index in [1.54, 1.807) is 32.9 Å². The third-order valence-electron chi connectivity index (χ3n) is 1.88. The summed E-state index contributed by atoms with van der Waals surface area (Å²) in [5.41, 5.74) is 6.78. The molecule has 1 rings (SSSR count). The first-order chi connectivity index (χ1) is 6.83. The number of hydrogen-bond donors (Lipinski definition) is 2. The zero-order valence-corrected chi connectivity index (χ0v) is 9.93. The molecule has 0 heterocycles. The first-order valence-corrected chi connectivity index (χ1v) is 6.19. The van der Waals surface area contributed by atoms with Crippen LogP contribution in [0.2, 0.25) is 0 Å². The number of nitrogens with two attached hydrogens (primary N) is 1. The van der Waals surface area contributed by atoms with Crippen LogP contribution in [0.5, 0.6) is 0 Å². The Labute approximate surface area is 90.5 Å². The van der Waals surface area contributed by atoms with E-state index >= 15 is 0 Å². The monoisotopic (exact) mass is 228 g/mol. The van der Waals surface area contributed by atoms with Gasteiger partial charge in [-0.1, -0.05) is 0 Å². The molecule has 1 aromatic rings. The molecule has 3 N–H and O–H groups in total. The van der Waals surface area contributed by atoms with Crippen LogP contribution in [0.3, 0.4) is 0 Å². The molecule has 0 aliphatic carbocycles. The van der Waals surface area contributed by atoms with Gasteiger partial charge in [0, 0.05) is 11.7 Å². The predicted octanol–water partition coefficient (Wildman–Crippen LogP) is 1.26. The van der Waals surface area contributed by atoms with E-state index in [9.17, 15) is 8.42 Å². The molecule has 0 fully saturated rings. The maximum absolute atomic E-state index is 11.8. The highest BCUT2D eigenvalue weighted by atomic mass is 32.2. The van der Waals surface area contributed by atoms with Gasteiger partial charge in [0.15, 0.2) is 0 Å². The fraction of sp³-hybridized carbons (Fsp3) is 0.400. The molecule has 0 atom stereocenters. The van der Waals surface area contributed by atoms with E-state index in [0.717, 1.165) is 0 Å². The largest absolute Gasteiger partial charge is 0.399 e. The summed E-state index contributed by atoms with van der Waals surface area (Å²) in [6, 6.07) is 4.64. The van der Waals surface area contributed by atoms with Crippen LogP contribution in [-0.4, -0.2) is 14.5 Å². The Morgan fingerprint density at radius 3 is 2.40 bits per heavy atom. The topological polar surface area (TPSA) is 72.2 Å². The summed E-state index contributed by atoms with van der Waals surface area (Å²) in [6.07, 6.45) is 0. The number of hydrogen-bond acceptors (Lipinski definition) is 3. The van der Waals surface area contributed by atoms with Crippen molar-refractivity contribution >= 4 is 15.7 Å². The van der Waals surface area contributed by atoms with Gasteiger partial charge in [-0.2, -0.15) is 0 Å². The summed E-state index contributed by atoms with van der Waals surface area (Å²) < 4.78 is 26.2. The Morgan fingerprint density at radius 1 is 1.33 bits per heavy atom. The van der Waals surface area contributed by atoms with E-state index in [1.165, 1.54) is 6.07 Å². The Bertz CT molecular complexity index is 452. The molecule has 0 spiro atoms. The normalized spacial score (nSPS) is 12.0. The van der Waals surface area contributed by atoms with Gasteiger partial charge >= 0.3 is 0 Å². The van der Waals surface area contributed by atoms with Crippen LogP contribution in [-0.2, 0) is 10.0 Å². The molecule has 0 aliphatic rings. The second-order valence-corrected chi connectivity index (χ2v) is 5.48. The molecule has 5 heteroatoms. The van der Waals surface area contributed by atoms with Crippen molar-refractivity contribution in [3.63, 3.8) is 0 Å². The fourth-order valence-electron chi connectivity index (χ4n) is 1.35. The Hall–Kier alpha value is -1.07. The van der Waals surface area contributed by atoms with Crippen molar-refractivity contribution in [1.82, 2.24) is 4.72 Å². The first kappa shape index (κ1) is 12.0. The van der Waals surface area contributed by atoms with Crippen LogP contribution in [0.1, 0.15) is 19.4 Å². The number of anilines is 1. The maximum atomic E-state index is 11.8. The number of benzene rings is 1. The van der Waals surface area contributed by atoms with Gasteiger partial charge in [-0.3, -0.25) is 0 Å². The lowest BCUT2D eigenvalue weighted by Crippen LogP contribution is -2.30. The molecular formula is C10H16N2O2S. The van der Waals surface area contributed by atoms with E-state index in [2.05, 4.69) is 4.72 Å². The van der Waals surface area contributed by atoms with Crippen molar-refractivity contribution in [3.05, 3.63) is 23.8 Å². The minimum atomic E-state index is -3.41. The highest BCUT2D eigenvalue weighted by Crippen LogP contribution is 2.17. The quantitative estimate of drug-likeness (QED) is 0.765. The summed E-state index contributed by atoms with van der Waals surface area (Å²) in [5.74, 6) is 0. The van der Waals surface area contributed by atoms with Crippen LogP contribution in [0, 0.1) is 6.92 Å². The Balaban J connectivity index is 3.16. The molecule has 0 saturated carbocycles. The molecule has 0 saturated heterocycles. The fourth-order valence-corrected chi connectivity index (χ4v) is 2.83. The van der Waals surface area contributed by atoms with E-state index in [1.807, 2.05) is 0 Å². The molecule has 0 radical (unpaired) electrons. The maximum Gasteiger partial charge on any atom is 0.241 e. The van der Waals surface area contributed by atoms with Crippen LogP contribution >= 0.6 is 0 Å². The van der Waals surface area contributed by atoms with Crippen LogP contribution in [0.4, 0.5) is 5.69 Å². The molecule has 0 aliphatic heterocycles. The van der Waals surface area contributed by atoms with E-state index in [4.69, 9.17) is 5.73 Å². The molecular weight excluding hydrogens is 212 g/mol. The molecule has 0 bridgehead atoms. The molecule has 4 nitrogen and oxygen atoms in total. The number of aryl methyl sites for hydroxylation is 1. The molecule has 0 unspecified atom stereocenters. The van der Waals surface area contributed by atoms with Crippen molar-refractivity contribution in [3.8, 4) is 0 Å². The van der Waals surface area contributed by atoms with Gasteiger partial charge in [-0.25, -0.2) is 13.1 Å². The lowest BCUT2D eigenvalue weighted by Gasteiger charge is -2.11. The summed E-state index contributed by atoms with van der Waals surface area (Å²) in [7, 11) is -3.41. The van der Waals surface area contributed by atoms with Gasteiger partial charge in [0.2, 0.25) is 10.0 Å². The number of rotatable bonds is 3. The highest BCUT2D eigenvalue weighted by molar-refractivity contribution is 7.89. The Morgan fingerprint density at radius 2 is 1.93 bits per heavy atom. The summed E-state index contributed by atoms with van der Waals surface area (Å²) in [6.45, 7) is 5.29. The van der Waals surface area contributed by atoms with Crippen LogP contribution < -0.4 is 10.5 Å². The lowest BCUT2D eigenvalue weighted by molar-refractivity contribution is 0.569. The minimum Gasteiger partial charge on any atom is -0.399 e. The minimum absolute atomic E-state index is 0.119. The third kappa shape index (κ3) is 2.94. The van der Waals surface area contributed by atoms with Gasteiger partial charge in [-0.05, 0) is 44.5 Å². The van der Waals surface area contributed by atoms with Gasteiger partial charge in [0.1, 0.15) is 0 Å². The number of nitrogens with one attached hydrogen (secondary N) is 1. The SMILES string of the molecule is Cc1cc(N)ccc1S(=O)(=O)NC(C)C. The summed E-state index contributed by atoms with van der Waals surface area (Å²) in [5, 5.41) is 0. The van der Waals surface area contributed by atoms with Crippen molar-refractivity contribution < 1.29 is 8.42 Å². The van der Waals surface area contributed by atoms with Gasteiger partial charge < -0.3 is 5.73 Å². The Kier molecular flexibility index (Phi) is 3.36. The van der Waals surface area contributed by atoms with Crippen molar-refractivity contribution in [2.45, 2.75) is 31.7 Å².